The predicted octanol–water partition coefficient (Wildman–Crippen LogP) is 4.38. The third-order valence-electron chi connectivity index (χ3n) is 2.77. The van der Waals surface area contributed by atoms with Crippen molar-refractivity contribution >= 4 is 22.9 Å². The van der Waals surface area contributed by atoms with Gasteiger partial charge in [0.15, 0.2) is 0 Å². The second-order valence-electron chi connectivity index (χ2n) is 4.17. The van der Waals surface area contributed by atoms with Gasteiger partial charge in [-0.15, -0.1) is 11.3 Å². The number of thiophene rings is 1. The average molecular weight is 267 g/mol. The van der Waals surface area contributed by atoms with Crippen molar-refractivity contribution in [3.8, 4) is 0 Å². The zero-order valence-corrected chi connectivity index (χ0v) is 11.3. The van der Waals surface area contributed by atoms with E-state index in [1.165, 1.54) is 22.5 Å². The molecule has 0 aliphatic heterocycles. The Bertz CT molecular complexity index is 475. The molecule has 2 rings (SSSR count). The van der Waals surface area contributed by atoms with Crippen molar-refractivity contribution in [2.45, 2.75) is 25.9 Å². The molecule has 0 saturated heterocycles. The summed E-state index contributed by atoms with van der Waals surface area (Å²) in [5.74, 6) is 0. The first kappa shape index (κ1) is 12.6. The summed E-state index contributed by atoms with van der Waals surface area (Å²) in [5, 5.41) is 12.6. The van der Waals surface area contributed by atoms with Crippen LogP contribution in [0.15, 0.2) is 35.7 Å². The van der Waals surface area contributed by atoms with Gasteiger partial charge in [-0.2, -0.15) is 0 Å². The highest BCUT2D eigenvalue weighted by atomic mass is 35.5. The number of hydrogen-bond donors (Lipinski definition) is 1. The minimum Gasteiger partial charge on any atom is -0.388 e. The molecule has 1 nitrogen and oxygen atoms in total. The summed E-state index contributed by atoms with van der Waals surface area (Å²) in [6.45, 7) is 2.07. The molecule has 1 atom stereocenters. The van der Waals surface area contributed by atoms with Crippen LogP contribution in [0.2, 0.25) is 5.02 Å². The summed E-state index contributed by atoms with van der Waals surface area (Å²) in [4.78, 5) is 0.874. The second kappa shape index (κ2) is 5.67. The number of benzene rings is 1. The van der Waals surface area contributed by atoms with Gasteiger partial charge in [-0.25, -0.2) is 0 Å². The summed E-state index contributed by atoms with van der Waals surface area (Å²) < 4.78 is 0. The highest BCUT2D eigenvalue weighted by Gasteiger charge is 2.12. The summed E-state index contributed by atoms with van der Waals surface area (Å²) in [7, 11) is 0. The second-order valence-corrected chi connectivity index (χ2v) is 5.53. The summed E-state index contributed by atoms with van der Waals surface area (Å²) in [6, 6.07) is 10.2. The van der Waals surface area contributed by atoms with Gasteiger partial charge in [-0.3, -0.25) is 0 Å². The van der Waals surface area contributed by atoms with Crippen molar-refractivity contribution in [2.75, 3.05) is 0 Å². The molecule has 17 heavy (non-hydrogen) atoms. The van der Waals surface area contributed by atoms with Crippen LogP contribution in [0.1, 0.15) is 28.5 Å². The van der Waals surface area contributed by atoms with Crippen molar-refractivity contribution in [2.24, 2.45) is 0 Å². The van der Waals surface area contributed by atoms with Gasteiger partial charge in [0.05, 0.1) is 16.0 Å². The fourth-order valence-corrected chi connectivity index (χ4v) is 2.94. The van der Waals surface area contributed by atoms with E-state index in [0.29, 0.717) is 11.4 Å². The van der Waals surface area contributed by atoms with Crippen LogP contribution in [-0.2, 0) is 6.42 Å². The SMILES string of the molecule is Cc1ccc(CCC(O)c2sccc2Cl)cc1. The molecule has 0 saturated carbocycles. The molecule has 0 aliphatic rings. The van der Waals surface area contributed by atoms with Crippen LogP contribution in [0.25, 0.3) is 0 Å². The van der Waals surface area contributed by atoms with Crippen LogP contribution >= 0.6 is 22.9 Å². The van der Waals surface area contributed by atoms with Crippen molar-refractivity contribution in [3.63, 3.8) is 0 Å². The lowest BCUT2D eigenvalue weighted by atomic mass is 10.0. The van der Waals surface area contributed by atoms with E-state index in [2.05, 4.69) is 31.2 Å². The molecule has 1 unspecified atom stereocenters. The van der Waals surface area contributed by atoms with Crippen molar-refractivity contribution < 1.29 is 5.11 Å². The molecule has 90 valence electrons. The van der Waals surface area contributed by atoms with Gasteiger partial charge >= 0.3 is 0 Å². The average Bonchev–Trinajstić information content (AvgIpc) is 2.74. The third-order valence-corrected chi connectivity index (χ3v) is 4.23. The molecular formula is C14H15ClOS. The van der Waals surface area contributed by atoms with Gasteiger partial charge in [-0.05, 0) is 36.8 Å². The number of aliphatic hydroxyl groups excluding tert-OH is 1. The first-order chi connectivity index (χ1) is 8.16. The van der Waals surface area contributed by atoms with E-state index in [1.54, 1.807) is 0 Å². The van der Waals surface area contributed by atoms with Crippen molar-refractivity contribution in [1.29, 1.82) is 0 Å². The van der Waals surface area contributed by atoms with Crippen LogP contribution in [0.4, 0.5) is 0 Å². The number of aryl methyl sites for hydroxylation is 2. The van der Waals surface area contributed by atoms with Gasteiger partial charge < -0.3 is 5.11 Å². The Kier molecular flexibility index (Phi) is 4.21. The highest BCUT2D eigenvalue weighted by molar-refractivity contribution is 7.10. The smallest absolute Gasteiger partial charge is 0.0900 e. The van der Waals surface area contributed by atoms with E-state index >= 15 is 0 Å². The van der Waals surface area contributed by atoms with Gasteiger partial charge in [-0.1, -0.05) is 41.4 Å². The number of aliphatic hydroxyl groups is 1. The fraction of sp³-hybridized carbons (Fsp3) is 0.286. The van der Waals surface area contributed by atoms with Crippen LogP contribution in [0, 0.1) is 6.92 Å². The lowest BCUT2D eigenvalue weighted by Crippen LogP contribution is -1.98. The number of rotatable bonds is 4. The van der Waals surface area contributed by atoms with Crippen LogP contribution in [0.5, 0.6) is 0 Å². The molecule has 1 aromatic carbocycles. The largest absolute Gasteiger partial charge is 0.388 e. The number of halogens is 1. The third kappa shape index (κ3) is 3.32. The Balaban J connectivity index is 1.94. The maximum Gasteiger partial charge on any atom is 0.0900 e. The van der Waals surface area contributed by atoms with Gasteiger partial charge in [0.2, 0.25) is 0 Å². The molecule has 1 N–H and O–H groups in total. The molecule has 1 heterocycles. The molecule has 2 aromatic rings. The Morgan fingerprint density at radius 1 is 1.24 bits per heavy atom. The van der Waals surface area contributed by atoms with Gasteiger partial charge in [0, 0.05) is 0 Å². The first-order valence-corrected chi connectivity index (χ1v) is 6.89. The fourth-order valence-electron chi connectivity index (χ4n) is 1.73. The Hall–Kier alpha value is -0.830. The molecule has 0 bridgehead atoms. The van der Waals surface area contributed by atoms with Crippen LogP contribution in [-0.4, -0.2) is 5.11 Å². The summed E-state index contributed by atoms with van der Waals surface area (Å²) in [6.07, 6.45) is 1.13. The van der Waals surface area contributed by atoms with Crippen molar-refractivity contribution in [1.82, 2.24) is 0 Å². The topological polar surface area (TPSA) is 20.2 Å². The molecule has 0 aliphatic carbocycles. The predicted molar refractivity (Wildman–Crippen MR) is 73.8 cm³/mol. The zero-order valence-electron chi connectivity index (χ0n) is 9.69. The van der Waals surface area contributed by atoms with E-state index in [9.17, 15) is 5.11 Å². The van der Waals surface area contributed by atoms with E-state index in [1.807, 2.05) is 11.4 Å². The molecule has 0 spiro atoms. The maximum atomic E-state index is 10.0. The minimum atomic E-state index is -0.455. The van der Waals surface area contributed by atoms with Crippen LogP contribution in [0.3, 0.4) is 0 Å². The minimum absolute atomic E-state index is 0.455. The molecule has 0 fully saturated rings. The normalized spacial score (nSPS) is 12.6. The highest BCUT2D eigenvalue weighted by Crippen LogP contribution is 2.31. The molecule has 3 heteroatoms. The Morgan fingerprint density at radius 3 is 2.53 bits per heavy atom. The van der Waals surface area contributed by atoms with E-state index in [0.717, 1.165) is 11.3 Å². The van der Waals surface area contributed by atoms with E-state index < -0.39 is 6.10 Å². The molecule has 0 radical (unpaired) electrons. The quantitative estimate of drug-likeness (QED) is 0.871. The number of hydrogen-bond acceptors (Lipinski definition) is 2. The van der Waals surface area contributed by atoms with E-state index in [-0.39, 0.29) is 0 Å². The summed E-state index contributed by atoms with van der Waals surface area (Å²) in [5.41, 5.74) is 2.51. The standard InChI is InChI=1S/C14H15ClOS/c1-10-2-4-11(5-3-10)6-7-13(16)14-12(15)8-9-17-14/h2-5,8-9,13,16H,6-7H2,1H3. The van der Waals surface area contributed by atoms with Crippen molar-refractivity contribution in [3.05, 3.63) is 56.7 Å². The molecule has 1 aromatic heterocycles. The summed E-state index contributed by atoms with van der Waals surface area (Å²) >= 11 is 7.50. The monoisotopic (exact) mass is 266 g/mol. The molecule has 0 amide bonds. The lowest BCUT2D eigenvalue weighted by Gasteiger charge is -2.09. The Labute approximate surface area is 111 Å². The van der Waals surface area contributed by atoms with Gasteiger partial charge in [0.1, 0.15) is 0 Å². The van der Waals surface area contributed by atoms with E-state index in [4.69, 9.17) is 11.6 Å². The van der Waals surface area contributed by atoms with Crippen LogP contribution < -0.4 is 0 Å². The van der Waals surface area contributed by atoms with Gasteiger partial charge in [0.25, 0.3) is 0 Å². The zero-order chi connectivity index (χ0) is 12.3. The lowest BCUT2D eigenvalue weighted by molar-refractivity contribution is 0.171. The first-order valence-electron chi connectivity index (χ1n) is 5.63. The maximum absolute atomic E-state index is 10.0. The molecular weight excluding hydrogens is 252 g/mol. The Morgan fingerprint density at radius 2 is 1.94 bits per heavy atom.